The number of nitrogens with one attached hydrogen (secondary N) is 1. The molecule has 0 aromatic heterocycles. The van der Waals surface area contributed by atoms with E-state index in [-0.39, 0.29) is 6.04 Å². The molecule has 0 bridgehead atoms. The van der Waals surface area contributed by atoms with Crippen LogP contribution in [0.15, 0.2) is 36.4 Å². The molecule has 0 aliphatic heterocycles. The lowest BCUT2D eigenvalue weighted by atomic mass is 10.1. The minimum atomic E-state index is -0.876. The molecule has 110 valence electrons. The van der Waals surface area contributed by atoms with Crippen molar-refractivity contribution in [2.75, 3.05) is 5.32 Å². The standard InChI is InChI=1S/C14H11Cl2FN2O2/c1-8(11-6-9(15)2-4-12(11)16)18-10-3-5-13(17)14(7-10)19(20)21/h2-8,18H,1H3. The zero-order chi connectivity index (χ0) is 15.6. The van der Waals surface area contributed by atoms with Crippen molar-refractivity contribution >= 4 is 34.6 Å². The molecule has 1 N–H and O–H groups in total. The van der Waals surface area contributed by atoms with Crippen LogP contribution in [0.1, 0.15) is 18.5 Å². The average Bonchev–Trinajstić information content (AvgIpc) is 2.43. The zero-order valence-electron chi connectivity index (χ0n) is 10.9. The van der Waals surface area contributed by atoms with Crippen LogP contribution in [-0.2, 0) is 0 Å². The van der Waals surface area contributed by atoms with E-state index in [2.05, 4.69) is 5.32 Å². The second kappa shape index (κ2) is 6.28. The van der Waals surface area contributed by atoms with Gasteiger partial charge in [0, 0.05) is 21.8 Å². The van der Waals surface area contributed by atoms with E-state index >= 15 is 0 Å². The fourth-order valence-corrected chi connectivity index (χ4v) is 2.38. The molecule has 0 fully saturated rings. The molecule has 0 aliphatic carbocycles. The monoisotopic (exact) mass is 328 g/mol. The second-order valence-corrected chi connectivity index (χ2v) is 5.30. The second-order valence-electron chi connectivity index (χ2n) is 4.46. The number of anilines is 1. The molecule has 0 amide bonds. The quantitative estimate of drug-likeness (QED) is 0.618. The Labute approximate surface area is 130 Å². The highest BCUT2D eigenvalue weighted by Crippen LogP contribution is 2.30. The van der Waals surface area contributed by atoms with Crippen molar-refractivity contribution in [2.24, 2.45) is 0 Å². The number of nitro groups is 1. The molecular weight excluding hydrogens is 318 g/mol. The Balaban J connectivity index is 2.27. The number of halogens is 3. The van der Waals surface area contributed by atoms with Gasteiger partial charge in [-0.3, -0.25) is 10.1 Å². The Morgan fingerprint density at radius 2 is 1.95 bits per heavy atom. The van der Waals surface area contributed by atoms with E-state index < -0.39 is 16.4 Å². The molecule has 0 saturated carbocycles. The van der Waals surface area contributed by atoms with Gasteiger partial charge >= 0.3 is 5.69 Å². The minimum Gasteiger partial charge on any atom is -0.378 e. The van der Waals surface area contributed by atoms with Gasteiger partial charge in [0.05, 0.1) is 11.0 Å². The largest absolute Gasteiger partial charge is 0.378 e. The summed E-state index contributed by atoms with van der Waals surface area (Å²) in [6, 6.07) is 8.42. The topological polar surface area (TPSA) is 55.2 Å². The molecule has 1 atom stereocenters. The van der Waals surface area contributed by atoms with Crippen LogP contribution in [0.2, 0.25) is 10.0 Å². The van der Waals surface area contributed by atoms with Gasteiger partial charge in [-0.2, -0.15) is 4.39 Å². The van der Waals surface area contributed by atoms with Crippen molar-refractivity contribution < 1.29 is 9.31 Å². The van der Waals surface area contributed by atoms with Gasteiger partial charge in [-0.25, -0.2) is 0 Å². The third-order valence-electron chi connectivity index (χ3n) is 2.95. The molecule has 0 heterocycles. The Kier molecular flexibility index (Phi) is 4.65. The molecule has 2 aromatic carbocycles. The first kappa shape index (κ1) is 15.5. The molecule has 0 spiro atoms. The molecule has 1 unspecified atom stereocenters. The van der Waals surface area contributed by atoms with E-state index in [4.69, 9.17) is 23.2 Å². The number of nitro benzene ring substituents is 1. The number of hydrogen-bond acceptors (Lipinski definition) is 3. The Bertz CT molecular complexity index is 695. The van der Waals surface area contributed by atoms with E-state index in [1.54, 1.807) is 18.2 Å². The lowest BCUT2D eigenvalue weighted by molar-refractivity contribution is -0.387. The molecular formula is C14H11Cl2FN2O2. The first-order valence-corrected chi connectivity index (χ1v) is 6.79. The summed E-state index contributed by atoms with van der Waals surface area (Å²) >= 11 is 12.0. The predicted octanol–water partition coefficient (Wildman–Crippen LogP) is 5.21. The van der Waals surface area contributed by atoms with Gasteiger partial charge in [0.1, 0.15) is 0 Å². The summed E-state index contributed by atoms with van der Waals surface area (Å²) in [5.41, 5.74) is 0.590. The lowest BCUT2D eigenvalue weighted by Gasteiger charge is -2.17. The van der Waals surface area contributed by atoms with E-state index in [1.807, 2.05) is 6.92 Å². The smallest absolute Gasteiger partial charge is 0.306 e. The fourth-order valence-electron chi connectivity index (χ4n) is 1.92. The van der Waals surface area contributed by atoms with Crippen LogP contribution in [0.3, 0.4) is 0 Å². The maximum absolute atomic E-state index is 13.3. The van der Waals surface area contributed by atoms with Gasteiger partial charge in [-0.15, -0.1) is 0 Å². The van der Waals surface area contributed by atoms with Crippen molar-refractivity contribution in [1.82, 2.24) is 0 Å². The Morgan fingerprint density at radius 1 is 1.24 bits per heavy atom. The summed E-state index contributed by atoms with van der Waals surface area (Å²) in [7, 11) is 0. The van der Waals surface area contributed by atoms with Crippen LogP contribution >= 0.6 is 23.2 Å². The summed E-state index contributed by atoms with van der Waals surface area (Å²) < 4.78 is 13.3. The van der Waals surface area contributed by atoms with E-state index in [0.717, 1.165) is 17.7 Å². The zero-order valence-corrected chi connectivity index (χ0v) is 12.5. The van der Waals surface area contributed by atoms with Crippen molar-refractivity contribution in [1.29, 1.82) is 0 Å². The molecule has 7 heteroatoms. The van der Waals surface area contributed by atoms with E-state index in [0.29, 0.717) is 15.7 Å². The van der Waals surface area contributed by atoms with Gasteiger partial charge < -0.3 is 5.32 Å². The predicted molar refractivity (Wildman–Crippen MR) is 81.6 cm³/mol. The van der Waals surface area contributed by atoms with Crippen LogP contribution in [0, 0.1) is 15.9 Å². The number of benzene rings is 2. The van der Waals surface area contributed by atoms with Crippen LogP contribution in [0.5, 0.6) is 0 Å². The van der Waals surface area contributed by atoms with Gasteiger partial charge in [-0.05, 0) is 42.8 Å². The van der Waals surface area contributed by atoms with Crippen LogP contribution in [-0.4, -0.2) is 4.92 Å². The van der Waals surface area contributed by atoms with Gasteiger partial charge in [0.15, 0.2) is 0 Å². The summed E-state index contributed by atoms with van der Waals surface area (Å²) in [4.78, 5) is 9.96. The van der Waals surface area contributed by atoms with Crippen LogP contribution in [0.4, 0.5) is 15.8 Å². The highest BCUT2D eigenvalue weighted by Gasteiger charge is 2.16. The number of nitrogens with zero attached hydrogens (tertiary/aromatic N) is 1. The molecule has 2 aromatic rings. The average molecular weight is 329 g/mol. The first-order valence-electron chi connectivity index (χ1n) is 6.04. The SMILES string of the molecule is CC(Nc1ccc(F)c([N+](=O)[O-])c1)c1cc(Cl)ccc1Cl. The summed E-state index contributed by atoms with van der Waals surface area (Å²) in [5.74, 6) is -0.876. The van der Waals surface area contributed by atoms with Gasteiger partial charge in [-0.1, -0.05) is 23.2 Å². The third-order valence-corrected chi connectivity index (χ3v) is 3.53. The van der Waals surface area contributed by atoms with Crippen molar-refractivity contribution in [3.05, 3.63) is 67.9 Å². The van der Waals surface area contributed by atoms with E-state index in [1.165, 1.54) is 6.07 Å². The molecule has 4 nitrogen and oxygen atoms in total. The van der Waals surface area contributed by atoms with Crippen molar-refractivity contribution in [2.45, 2.75) is 13.0 Å². The summed E-state index contributed by atoms with van der Waals surface area (Å²) in [6.45, 7) is 1.83. The molecule has 0 radical (unpaired) electrons. The fraction of sp³-hybridized carbons (Fsp3) is 0.143. The summed E-state index contributed by atoms with van der Waals surface area (Å²) in [5, 5.41) is 14.8. The highest BCUT2D eigenvalue weighted by atomic mass is 35.5. The summed E-state index contributed by atoms with van der Waals surface area (Å²) in [6.07, 6.45) is 0. The normalized spacial score (nSPS) is 12.0. The van der Waals surface area contributed by atoms with Crippen molar-refractivity contribution in [3.63, 3.8) is 0 Å². The molecule has 0 aliphatic rings. The maximum atomic E-state index is 13.3. The van der Waals surface area contributed by atoms with Gasteiger partial charge in [0.25, 0.3) is 0 Å². The van der Waals surface area contributed by atoms with E-state index in [9.17, 15) is 14.5 Å². The Morgan fingerprint density at radius 3 is 2.62 bits per heavy atom. The Hall–Kier alpha value is -1.85. The first-order chi connectivity index (χ1) is 9.88. The lowest BCUT2D eigenvalue weighted by Crippen LogP contribution is -2.08. The molecule has 21 heavy (non-hydrogen) atoms. The van der Waals surface area contributed by atoms with Crippen LogP contribution in [0.25, 0.3) is 0 Å². The number of rotatable bonds is 4. The maximum Gasteiger partial charge on any atom is 0.306 e. The van der Waals surface area contributed by atoms with Crippen LogP contribution < -0.4 is 5.32 Å². The third kappa shape index (κ3) is 3.62. The van der Waals surface area contributed by atoms with Crippen molar-refractivity contribution in [3.8, 4) is 0 Å². The van der Waals surface area contributed by atoms with Gasteiger partial charge in [0.2, 0.25) is 5.82 Å². The number of hydrogen-bond donors (Lipinski definition) is 1. The minimum absolute atomic E-state index is 0.249. The highest BCUT2D eigenvalue weighted by molar-refractivity contribution is 6.33. The molecule has 2 rings (SSSR count). The molecule has 0 saturated heterocycles.